The van der Waals surface area contributed by atoms with Crippen LogP contribution >= 0.6 is 0 Å². The number of amides is 4. The number of hydrazine groups is 1. The molecular formula is C18H27N7O3. The molecule has 10 nitrogen and oxygen atoms in total. The summed E-state index contributed by atoms with van der Waals surface area (Å²) in [6, 6.07) is -1.30. The molecule has 28 heavy (non-hydrogen) atoms. The minimum absolute atomic E-state index is 0.0654. The van der Waals surface area contributed by atoms with Crippen molar-refractivity contribution in [3.05, 3.63) is 17.7 Å². The molecule has 0 radical (unpaired) electrons. The number of hydrogen-bond acceptors (Lipinski definition) is 5. The molecule has 0 aromatic carbocycles. The average Bonchev–Trinajstić information content (AvgIpc) is 3.39. The number of rotatable bonds is 4. The van der Waals surface area contributed by atoms with Crippen molar-refractivity contribution in [2.24, 2.45) is 11.7 Å². The lowest BCUT2D eigenvalue weighted by Gasteiger charge is -2.40. The average molecular weight is 389 g/mol. The number of nitrogens with one attached hydrogen (secondary N) is 1. The number of carbonyl (C=O) groups is 3. The van der Waals surface area contributed by atoms with E-state index in [1.807, 2.05) is 11.9 Å². The lowest BCUT2D eigenvalue weighted by atomic mass is 9.96. The Hall–Kier alpha value is -2.62. The van der Waals surface area contributed by atoms with Gasteiger partial charge < -0.3 is 16.0 Å². The van der Waals surface area contributed by atoms with Gasteiger partial charge >= 0.3 is 12.1 Å². The largest absolute Gasteiger partial charge is 0.352 e. The van der Waals surface area contributed by atoms with Gasteiger partial charge in [-0.25, -0.2) is 24.1 Å². The summed E-state index contributed by atoms with van der Waals surface area (Å²) in [5.41, 5.74) is 6.19. The minimum Gasteiger partial charge on any atom is -0.352 e. The Morgan fingerprint density at radius 3 is 2.50 bits per heavy atom. The standard InChI is InChI=1S/C18H27N7O3/c1-12-20-10-14-11-24(18(28)25(12)14)23-8-6-22(7-9-23)16(26)15(21-17(19)27)13-4-2-3-5-13/h10,13,15H,2-9,11H2,1H3,(H3,19,21,27). The van der Waals surface area contributed by atoms with Crippen molar-refractivity contribution in [1.29, 1.82) is 0 Å². The van der Waals surface area contributed by atoms with Gasteiger partial charge in [0.2, 0.25) is 5.91 Å². The highest BCUT2D eigenvalue weighted by molar-refractivity contribution is 5.87. The molecule has 4 rings (SSSR count). The van der Waals surface area contributed by atoms with Crippen LogP contribution in [0.5, 0.6) is 0 Å². The molecule has 3 heterocycles. The Morgan fingerprint density at radius 1 is 1.21 bits per heavy atom. The maximum atomic E-state index is 13.0. The highest BCUT2D eigenvalue weighted by Gasteiger charge is 2.38. The van der Waals surface area contributed by atoms with Crippen molar-refractivity contribution in [3.63, 3.8) is 0 Å². The van der Waals surface area contributed by atoms with Crippen LogP contribution in [0.2, 0.25) is 0 Å². The number of carbonyl (C=O) groups excluding carboxylic acids is 3. The number of fused-ring (bicyclic) bond motifs is 1. The minimum atomic E-state index is -0.655. The number of piperazine rings is 1. The molecule has 1 saturated heterocycles. The molecule has 1 atom stereocenters. The van der Waals surface area contributed by atoms with Gasteiger partial charge in [-0.15, -0.1) is 0 Å². The summed E-state index contributed by atoms with van der Waals surface area (Å²) in [5, 5.41) is 6.38. The van der Waals surface area contributed by atoms with Crippen LogP contribution < -0.4 is 11.1 Å². The molecule has 3 aliphatic rings. The third kappa shape index (κ3) is 3.32. The van der Waals surface area contributed by atoms with Gasteiger partial charge in [0.1, 0.15) is 11.9 Å². The van der Waals surface area contributed by atoms with E-state index in [-0.39, 0.29) is 17.9 Å². The molecule has 1 aliphatic carbocycles. The molecule has 10 heteroatoms. The number of nitrogens with zero attached hydrogens (tertiary/aromatic N) is 5. The number of urea groups is 1. The molecule has 2 aliphatic heterocycles. The molecule has 152 valence electrons. The first kappa shape index (κ1) is 18.7. The summed E-state index contributed by atoms with van der Waals surface area (Å²) in [5.74, 6) is 0.775. The Kier molecular flexibility index (Phi) is 4.96. The fourth-order valence-corrected chi connectivity index (χ4v) is 4.60. The maximum absolute atomic E-state index is 13.0. The molecule has 3 N–H and O–H groups in total. The number of aryl methyl sites for hydroxylation is 1. The summed E-state index contributed by atoms with van der Waals surface area (Å²) in [6.07, 6.45) is 5.76. The number of imidazole rings is 1. The van der Waals surface area contributed by atoms with Gasteiger partial charge in [0.25, 0.3) is 0 Å². The van der Waals surface area contributed by atoms with Gasteiger partial charge in [-0.2, -0.15) is 0 Å². The fraction of sp³-hybridized carbons (Fsp3) is 0.667. The number of nitrogens with two attached hydrogens (primary N) is 1. The molecule has 0 bridgehead atoms. The van der Waals surface area contributed by atoms with E-state index in [1.165, 1.54) is 0 Å². The van der Waals surface area contributed by atoms with E-state index in [9.17, 15) is 14.4 Å². The van der Waals surface area contributed by atoms with Crippen LogP contribution in [0.4, 0.5) is 9.59 Å². The topological polar surface area (TPSA) is 117 Å². The Balaban J connectivity index is 1.37. The summed E-state index contributed by atoms with van der Waals surface area (Å²) in [4.78, 5) is 43.1. The lowest BCUT2D eigenvalue weighted by Crippen LogP contribution is -2.59. The third-order valence-electron chi connectivity index (χ3n) is 6.08. The lowest BCUT2D eigenvalue weighted by molar-refractivity contribution is -0.138. The Labute approximate surface area is 163 Å². The smallest absolute Gasteiger partial charge is 0.344 e. The molecular weight excluding hydrogens is 362 g/mol. The van der Waals surface area contributed by atoms with E-state index < -0.39 is 12.1 Å². The zero-order chi connectivity index (χ0) is 19.8. The first-order valence-electron chi connectivity index (χ1n) is 9.90. The van der Waals surface area contributed by atoms with Crippen molar-refractivity contribution in [2.75, 3.05) is 26.2 Å². The fourth-order valence-electron chi connectivity index (χ4n) is 4.60. The van der Waals surface area contributed by atoms with Crippen molar-refractivity contribution in [2.45, 2.75) is 45.2 Å². The van der Waals surface area contributed by atoms with E-state index >= 15 is 0 Å². The van der Waals surface area contributed by atoms with E-state index in [2.05, 4.69) is 10.3 Å². The normalized spacial score (nSPS) is 21.8. The van der Waals surface area contributed by atoms with Gasteiger partial charge in [-0.05, 0) is 25.7 Å². The first-order chi connectivity index (χ1) is 13.5. The van der Waals surface area contributed by atoms with Gasteiger partial charge in [-0.1, -0.05) is 12.8 Å². The quantitative estimate of drug-likeness (QED) is 0.766. The summed E-state index contributed by atoms with van der Waals surface area (Å²) < 4.78 is 1.63. The zero-order valence-corrected chi connectivity index (χ0v) is 16.1. The number of primary amides is 1. The van der Waals surface area contributed by atoms with Crippen LogP contribution in [-0.4, -0.2) is 74.7 Å². The van der Waals surface area contributed by atoms with Crippen molar-refractivity contribution >= 4 is 18.0 Å². The van der Waals surface area contributed by atoms with E-state index in [0.29, 0.717) is 38.5 Å². The van der Waals surface area contributed by atoms with E-state index in [4.69, 9.17) is 5.73 Å². The monoisotopic (exact) mass is 389 g/mol. The van der Waals surface area contributed by atoms with Crippen LogP contribution in [0.25, 0.3) is 0 Å². The second-order valence-corrected chi connectivity index (χ2v) is 7.78. The zero-order valence-electron chi connectivity index (χ0n) is 16.1. The second-order valence-electron chi connectivity index (χ2n) is 7.78. The van der Waals surface area contributed by atoms with Crippen molar-refractivity contribution < 1.29 is 14.4 Å². The Morgan fingerprint density at radius 2 is 1.89 bits per heavy atom. The summed E-state index contributed by atoms with van der Waals surface area (Å²) >= 11 is 0. The molecule has 1 saturated carbocycles. The highest BCUT2D eigenvalue weighted by Crippen LogP contribution is 2.29. The predicted molar refractivity (Wildman–Crippen MR) is 99.9 cm³/mol. The van der Waals surface area contributed by atoms with Crippen LogP contribution in [-0.2, 0) is 11.3 Å². The number of hydrogen-bond donors (Lipinski definition) is 2. The molecule has 1 aromatic rings. The third-order valence-corrected chi connectivity index (χ3v) is 6.08. The van der Waals surface area contributed by atoms with Gasteiger partial charge in [0.15, 0.2) is 0 Å². The summed E-state index contributed by atoms with van der Waals surface area (Å²) in [7, 11) is 0. The van der Waals surface area contributed by atoms with Gasteiger partial charge in [0, 0.05) is 26.2 Å². The van der Waals surface area contributed by atoms with E-state index in [1.54, 1.807) is 20.7 Å². The molecule has 1 aromatic heterocycles. The predicted octanol–water partition coefficient (Wildman–Crippen LogP) is 0.262. The van der Waals surface area contributed by atoms with Crippen molar-refractivity contribution in [3.8, 4) is 0 Å². The molecule has 2 fully saturated rings. The number of aromatic nitrogens is 2. The highest BCUT2D eigenvalue weighted by atomic mass is 16.2. The molecule has 0 spiro atoms. The van der Waals surface area contributed by atoms with E-state index in [0.717, 1.165) is 31.4 Å². The van der Waals surface area contributed by atoms with Crippen molar-refractivity contribution in [1.82, 2.24) is 29.8 Å². The second kappa shape index (κ2) is 7.42. The molecule has 4 amide bonds. The van der Waals surface area contributed by atoms with Crippen LogP contribution in [0.1, 0.15) is 37.2 Å². The van der Waals surface area contributed by atoms with Crippen LogP contribution in [0, 0.1) is 12.8 Å². The first-order valence-corrected chi connectivity index (χ1v) is 9.90. The SMILES string of the molecule is Cc1ncc2n1C(=O)N(N1CCN(C(=O)C(NC(N)=O)C3CCCC3)CC1)C2. The maximum Gasteiger partial charge on any atom is 0.344 e. The molecule has 1 unspecified atom stereocenters. The van der Waals surface area contributed by atoms with Crippen LogP contribution in [0.3, 0.4) is 0 Å². The van der Waals surface area contributed by atoms with Crippen LogP contribution in [0.15, 0.2) is 6.20 Å². The van der Waals surface area contributed by atoms with Gasteiger partial charge in [0.05, 0.1) is 18.4 Å². The van der Waals surface area contributed by atoms with Gasteiger partial charge in [-0.3, -0.25) is 9.80 Å². The summed E-state index contributed by atoms with van der Waals surface area (Å²) in [6.45, 7) is 4.49. The Bertz CT molecular complexity index is 778.